The minimum Gasteiger partial charge on any atom is -0.495 e. The highest BCUT2D eigenvalue weighted by Gasteiger charge is 2.18. The van der Waals surface area contributed by atoms with Crippen molar-refractivity contribution in [1.82, 2.24) is 34.7 Å². The molecule has 0 spiro atoms. The Bertz CT molecular complexity index is 1570. The molecule has 0 radical (unpaired) electrons. The summed E-state index contributed by atoms with van der Waals surface area (Å²) in [6, 6.07) is 16.1. The summed E-state index contributed by atoms with van der Waals surface area (Å²) in [4.78, 5) is 18.0. The molecule has 9 nitrogen and oxygen atoms in total. The predicted octanol–water partition coefficient (Wildman–Crippen LogP) is 4.84. The van der Waals surface area contributed by atoms with Crippen molar-refractivity contribution < 1.29 is 4.74 Å². The number of aromatic nitrogens is 7. The molecule has 194 valence electrons. The summed E-state index contributed by atoms with van der Waals surface area (Å²) in [6.07, 6.45) is 9.08. The van der Waals surface area contributed by atoms with Crippen molar-refractivity contribution in [3.05, 3.63) is 94.4 Å². The molecule has 0 aliphatic rings. The molecule has 0 atom stereocenters. The van der Waals surface area contributed by atoms with Crippen molar-refractivity contribution in [3.63, 3.8) is 0 Å². The number of nitrogens with zero attached hydrogens (tertiary/aromatic N) is 6. The molecule has 0 aliphatic carbocycles. The lowest BCUT2D eigenvalue weighted by atomic mass is 10.00. The van der Waals surface area contributed by atoms with Gasteiger partial charge < -0.3 is 4.74 Å². The number of aromatic amines is 1. The minimum absolute atomic E-state index is 0.0615. The molecular formula is C29H31N7O2. The molecule has 9 heteroatoms. The van der Waals surface area contributed by atoms with E-state index in [1.165, 1.54) is 0 Å². The van der Waals surface area contributed by atoms with Gasteiger partial charge in [0.05, 0.1) is 19.3 Å². The molecule has 38 heavy (non-hydrogen) atoms. The van der Waals surface area contributed by atoms with Gasteiger partial charge in [-0.2, -0.15) is 0 Å². The number of para-hydroxylation sites is 1. The van der Waals surface area contributed by atoms with Crippen LogP contribution in [-0.2, 0) is 19.4 Å². The molecule has 1 N–H and O–H groups in total. The maximum Gasteiger partial charge on any atom is 0.333 e. The number of pyridine rings is 1. The first-order valence-corrected chi connectivity index (χ1v) is 12.9. The van der Waals surface area contributed by atoms with Gasteiger partial charge >= 0.3 is 5.69 Å². The van der Waals surface area contributed by atoms with Crippen molar-refractivity contribution in [2.24, 2.45) is 0 Å². The molecule has 3 heterocycles. The smallest absolute Gasteiger partial charge is 0.333 e. The summed E-state index contributed by atoms with van der Waals surface area (Å²) >= 11 is 0. The maximum atomic E-state index is 13.8. The Morgan fingerprint density at radius 2 is 1.79 bits per heavy atom. The molecule has 0 saturated carbocycles. The van der Waals surface area contributed by atoms with Crippen LogP contribution in [0.2, 0.25) is 0 Å². The molecule has 0 fully saturated rings. The molecule has 0 saturated heterocycles. The fourth-order valence-electron chi connectivity index (χ4n) is 4.87. The zero-order chi connectivity index (χ0) is 26.5. The van der Waals surface area contributed by atoms with Crippen LogP contribution in [-0.4, -0.2) is 41.9 Å². The van der Waals surface area contributed by atoms with Gasteiger partial charge in [-0.05, 0) is 57.7 Å². The number of nitrogens with one attached hydrogen (secondary N) is 1. The second-order valence-electron chi connectivity index (χ2n) is 9.20. The number of hydrogen-bond acceptors (Lipinski definition) is 6. The Balaban J connectivity index is 1.51. The summed E-state index contributed by atoms with van der Waals surface area (Å²) in [5.74, 6) is 1.27. The minimum atomic E-state index is -0.0615. The van der Waals surface area contributed by atoms with Crippen LogP contribution in [0.25, 0.3) is 28.2 Å². The number of rotatable bonds is 10. The van der Waals surface area contributed by atoms with E-state index < -0.39 is 0 Å². The number of methoxy groups -OCH3 is 1. The van der Waals surface area contributed by atoms with Gasteiger partial charge in [-0.1, -0.05) is 63.1 Å². The van der Waals surface area contributed by atoms with Gasteiger partial charge in [0.2, 0.25) is 0 Å². The quantitative estimate of drug-likeness (QED) is 0.289. The number of benzene rings is 2. The second-order valence-corrected chi connectivity index (χ2v) is 9.20. The van der Waals surface area contributed by atoms with Gasteiger partial charge in [-0.15, -0.1) is 5.10 Å². The van der Waals surface area contributed by atoms with E-state index in [4.69, 9.17) is 4.74 Å². The van der Waals surface area contributed by atoms with E-state index in [1.54, 1.807) is 24.1 Å². The van der Waals surface area contributed by atoms with E-state index in [0.29, 0.717) is 18.1 Å². The van der Waals surface area contributed by atoms with Crippen LogP contribution in [0.5, 0.6) is 5.75 Å². The third-order valence-corrected chi connectivity index (χ3v) is 6.66. The average molecular weight is 510 g/mol. The number of tetrazole rings is 1. The van der Waals surface area contributed by atoms with E-state index in [1.807, 2.05) is 29.0 Å². The lowest BCUT2D eigenvalue weighted by molar-refractivity contribution is 0.411. The molecule has 0 unspecified atom stereocenters. The van der Waals surface area contributed by atoms with Crippen LogP contribution in [0.15, 0.2) is 71.9 Å². The van der Waals surface area contributed by atoms with Gasteiger partial charge in [-0.3, -0.25) is 14.1 Å². The van der Waals surface area contributed by atoms with Crippen LogP contribution in [0.3, 0.4) is 0 Å². The monoisotopic (exact) mass is 509 g/mol. The first-order valence-electron chi connectivity index (χ1n) is 12.9. The molecule has 0 bridgehead atoms. The number of H-pyrrole nitrogens is 1. The van der Waals surface area contributed by atoms with Crippen molar-refractivity contribution in [1.29, 1.82) is 0 Å². The van der Waals surface area contributed by atoms with Gasteiger partial charge in [0.1, 0.15) is 5.75 Å². The molecule has 3 aromatic heterocycles. The standard InChI is InChI=1S/C29H31N7O2/c1-4-7-22-9-6-10-26(38-3)27(22)36-19-23(8-5-2)35(29(36)37)18-20-11-13-21(14-12-20)24-15-16-30-17-25(24)28-31-33-34-32-28/h6,9-17,19H,4-5,7-8,18H2,1-3H3,(H,31,32,33,34). The summed E-state index contributed by atoms with van der Waals surface area (Å²) in [6.45, 7) is 4.75. The van der Waals surface area contributed by atoms with Crippen LogP contribution in [0, 0.1) is 0 Å². The third-order valence-electron chi connectivity index (χ3n) is 6.66. The van der Waals surface area contributed by atoms with Gasteiger partial charge in [0, 0.05) is 29.8 Å². The highest BCUT2D eigenvalue weighted by molar-refractivity contribution is 5.79. The van der Waals surface area contributed by atoms with Gasteiger partial charge in [0.25, 0.3) is 0 Å². The van der Waals surface area contributed by atoms with Gasteiger partial charge in [0.15, 0.2) is 5.82 Å². The van der Waals surface area contributed by atoms with Crippen molar-refractivity contribution in [2.75, 3.05) is 7.11 Å². The van der Waals surface area contributed by atoms with E-state index >= 15 is 0 Å². The number of aryl methyl sites for hydroxylation is 2. The summed E-state index contributed by atoms with van der Waals surface area (Å²) in [5.41, 5.74) is 6.73. The Hall–Kier alpha value is -4.53. The second kappa shape index (κ2) is 11.2. The van der Waals surface area contributed by atoms with Crippen molar-refractivity contribution in [3.8, 4) is 34.0 Å². The fourth-order valence-corrected chi connectivity index (χ4v) is 4.87. The van der Waals surface area contributed by atoms with Crippen molar-refractivity contribution >= 4 is 0 Å². The highest BCUT2D eigenvalue weighted by Crippen LogP contribution is 2.30. The SMILES string of the molecule is CCCc1cccc(OC)c1-n1cc(CCC)n(Cc2ccc(-c3ccncc3-c3nnn[nH]3)cc2)c1=O. The van der Waals surface area contributed by atoms with E-state index in [2.05, 4.69) is 69.8 Å². The van der Waals surface area contributed by atoms with E-state index in [9.17, 15) is 4.79 Å². The summed E-state index contributed by atoms with van der Waals surface area (Å²) in [5, 5.41) is 14.2. The molecule has 0 aliphatic heterocycles. The topological polar surface area (TPSA) is 104 Å². The Morgan fingerprint density at radius 1 is 0.974 bits per heavy atom. The molecule has 0 amide bonds. The number of hydrogen-bond donors (Lipinski definition) is 1. The predicted molar refractivity (Wildman–Crippen MR) is 147 cm³/mol. The normalized spacial score (nSPS) is 11.1. The number of ether oxygens (including phenoxy) is 1. The van der Waals surface area contributed by atoms with E-state index in [-0.39, 0.29) is 5.69 Å². The Morgan fingerprint density at radius 3 is 2.50 bits per heavy atom. The van der Waals surface area contributed by atoms with Crippen LogP contribution in [0.4, 0.5) is 0 Å². The van der Waals surface area contributed by atoms with Crippen molar-refractivity contribution in [2.45, 2.75) is 46.1 Å². The van der Waals surface area contributed by atoms with Crippen LogP contribution in [0.1, 0.15) is 43.5 Å². The van der Waals surface area contributed by atoms with Gasteiger partial charge in [-0.25, -0.2) is 9.89 Å². The zero-order valence-corrected chi connectivity index (χ0v) is 21.9. The molecular weight excluding hydrogens is 478 g/mol. The summed E-state index contributed by atoms with van der Waals surface area (Å²) < 4.78 is 9.31. The fraction of sp³-hybridized carbons (Fsp3) is 0.276. The maximum absolute atomic E-state index is 13.8. The van der Waals surface area contributed by atoms with Crippen LogP contribution < -0.4 is 10.4 Å². The number of imidazole rings is 1. The average Bonchev–Trinajstić information content (AvgIpc) is 3.59. The summed E-state index contributed by atoms with van der Waals surface area (Å²) in [7, 11) is 1.65. The lowest BCUT2D eigenvalue weighted by Gasteiger charge is -2.13. The van der Waals surface area contributed by atoms with Crippen LogP contribution >= 0.6 is 0 Å². The van der Waals surface area contributed by atoms with E-state index in [0.717, 1.165) is 64.9 Å². The first kappa shape index (κ1) is 25.1. The molecule has 5 aromatic rings. The molecule has 5 rings (SSSR count). The molecule has 2 aromatic carbocycles. The Labute approximate surface area is 221 Å². The zero-order valence-electron chi connectivity index (χ0n) is 21.9. The third kappa shape index (κ3) is 4.87. The Kier molecular flexibility index (Phi) is 7.44. The highest BCUT2D eigenvalue weighted by atomic mass is 16.5. The lowest BCUT2D eigenvalue weighted by Crippen LogP contribution is -2.25. The first-order chi connectivity index (χ1) is 18.6. The largest absolute Gasteiger partial charge is 0.495 e.